The number of carboxylic acid groups (broad SMARTS) is 1. The SMILES string of the molecule is O=C(O)C(Cc1ccccn1)C1CC1. The van der Waals surface area contributed by atoms with Gasteiger partial charge in [-0.1, -0.05) is 6.07 Å². The number of pyridine rings is 1. The predicted octanol–water partition coefficient (Wildman–Crippen LogP) is 1.73. The molecule has 0 radical (unpaired) electrons. The van der Waals surface area contributed by atoms with E-state index in [1.54, 1.807) is 6.20 Å². The first-order valence-corrected chi connectivity index (χ1v) is 4.90. The van der Waals surface area contributed by atoms with Crippen molar-refractivity contribution in [3.8, 4) is 0 Å². The van der Waals surface area contributed by atoms with Crippen LogP contribution in [-0.2, 0) is 11.2 Å². The minimum absolute atomic E-state index is 0.232. The minimum atomic E-state index is -0.682. The Balaban J connectivity index is 2.04. The molecular formula is C11H13NO2. The summed E-state index contributed by atoms with van der Waals surface area (Å²) < 4.78 is 0. The third-order valence-electron chi connectivity index (χ3n) is 2.66. The van der Waals surface area contributed by atoms with Crippen LogP contribution in [0.1, 0.15) is 18.5 Å². The molecule has 3 heteroatoms. The summed E-state index contributed by atoms with van der Waals surface area (Å²) >= 11 is 0. The van der Waals surface area contributed by atoms with Crippen LogP contribution < -0.4 is 0 Å². The first-order valence-electron chi connectivity index (χ1n) is 4.90. The average molecular weight is 191 g/mol. The van der Waals surface area contributed by atoms with Crippen LogP contribution in [0.2, 0.25) is 0 Å². The Morgan fingerprint density at radius 2 is 2.36 bits per heavy atom. The maximum Gasteiger partial charge on any atom is 0.307 e. The molecule has 0 aliphatic heterocycles. The molecule has 1 N–H and O–H groups in total. The molecule has 1 aliphatic carbocycles. The average Bonchev–Trinajstić information content (AvgIpc) is 2.99. The van der Waals surface area contributed by atoms with E-state index in [1.807, 2.05) is 18.2 Å². The lowest BCUT2D eigenvalue weighted by atomic mass is 9.98. The highest BCUT2D eigenvalue weighted by molar-refractivity contribution is 5.71. The molecule has 1 aromatic rings. The molecule has 1 unspecified atom stereocenters. The number of hydrogen-bond donors (Lipinski definition) is 1. The molecule has 0 aromatic carbocycles. The van der Waals surface area contributed by atoms with E-state index < -0.39 is 5.97 Å². The van der Waals surface area contributed by atoms with Gasteiger partial charge in [-0.05, 0) is 30.9 Å². The minimum Gasteiger partial charge on any atom is -0.481 e. The van der Waals surface area contributed by atoms with E-state index in [4.69, 9.17) is 5.11 Å². The van der Waals surface area contributed by atoms with Gasteiger partial charge in [0.2, 0.25) is 0 Å². The Kier molecular flexibility index (Phi) is 2.48. The van der Waals surface area contributed by atoms with Crippen LogP contribution in [0.5, 0.6) is 0 Å². The molecule has 74 valence electrons. The molecule has 1 fully saturated rings. The van der Waals surface area contributed by atoms with Crippen LogP contribution in [0.3, 0.4) is 0 Å². The molecule has 1 aromatic heterocycles. The van der Waals surface area contributed by atoms with Gasteiger partial charge in [0, 0.05) is 18.3 Å². The van der Waals surface area contributed by atoms with Crippen molar-refractivity contribution >= 4 is 5.97 Å². The van der Waals surface area contributed by atoms with Gasteiger partial charge in [-0.25, -0.2) is 0 Å². The summed E-state index contributed by atoms with van der Waals surface area (Å²) in [4.78, 5) is 15.1. The van der Waals surface area contributed by atoms with Gasteiger partial charge in [0.05, 0.1) is 5.92 Å². The van der Waals surface area contributed by atoms with E-state index in [0.717, 1.165) is 18.5 Å². The number of nitrogens with zero attached hydrogens (tertiary/aromatic N) is 1. The van der Waals surface area contributed by atoms with Crippen LogP contribution in [-0.4, -0.2) is 16.1 Å². The van der Waals surface area contributed by atoms with Gasteiger partial charge in [-0.15, -0.1) is 0 Å². The Morgan fingerprint density at radius 1 is 1.57 bits per heavy atom. The third kappa shape index (κ3) is 2.10. The van der Waals surface area contributed by atoms with Crippen molar-refractivity contribution in [3.63, 3.8) is 0 Å². The molecule has 3 nitrogen and oxygen atoms in total. The Morgan fingerprint density at radius 3 is 2.86 bits per heavy atom. The zero-order valence-electron chi connectivity index (χ0n) is 7.89. The molecular weight excluding hydrogens is 178 g/mol. The quantitative estimate of drug-likeness (QED) is 0.788. The molecule has 0 spiro atoms. The van der Waals surface area contributed by atoms with Crippen LogP contribution in [0, 0.1) is 11.8 Å². The van der Waals surface area contributed by atoms with Gasteiger partial charge >= 0.3 is 5.97 Å². The highest BCUT2D eigenvalue weighted by Crippen LogP contribution is 2.38. The number of aromatic nitrogens is 1. The third-order valence-corrected chi connectivity index (χ3v) is 2.66. The van der Waals surface area contributed by atoms with E-state index >= 15 is 0 Å². The van der Waals surface area contributed by atoms with Crippen LogP contribution >= 0.6 is 0 Å². The van der Waals surface area contributed by atoms with Gasteiger partial charge in [-0.2, -0.15) is 0 Å². The maximum atomic E-state index is 11.0. The summed E-state index contributed by atoms with van der Waals surface area (Å²) in [6.45, 7) is 0. The van der Waals surface area contributed by atoms with Gasteiger partial charge in [0.25, 0.3) is 0 Å². The first-order chi connectivity index (χ1) is 6.77. The van der Waals surface area contributed by atoms with Crippen molar-refractivity contribution in [3.05, 3.63) is 30.1 Å². The van der Waals surface area contributed by atoms with Gasteiger partial charge in [0.1, 0.15) is 0 Å². The van der Waals surface area contributed by atoms with E-state index in [2.05, 4.69) is 4.98 Å². The summed E-state index contributed by atoms with van der Waals surface area (Å²) in [5.74, 6) is -0.530. The second kappa shape index (κ2) is 3.78. The summed E-state index contributed by atoms with van der Waals surface area (Å²) in [5.41, 5.74) is 0.881. The fourth-order valence-electron chi connectivity index (χ4n) is 1.70. The standard InChI is InChI=1S/C11H13NO2/c13-11(14)10(8-4-5-8)7-9-3-1-2-6-12-9/h1-3,6,8,10H,4-5,7H2,(H,13,14). The smallest absolute Gasteiger partial charge is 0.307 e. The van der Waals surface area contributed by atoms with Gasteiger partial charge < -0.3 is 5.11 Å². The van der Waals surface area contributed by atoms with Crippen molar-refractivity contribution < 1.29 is 9.90 Å². The number of hydrogen-bond acceptors (Lipinski definition) is 2. The maximum absolute atomic E-state index is 11.0. The summed E-state index contributed by atoms with van der Waals surface area (Å²) in [5, 5.41) is 9.02. The van der Waals surface area contributed by atoms with Crippen molar-refractivity contribution in [1.29, 1.82) is 0 Å². The molecule has 1 aliphatic rings. The molecule has 0 saturated heterocycles. The Hall–Kier alpha value is -1.38. The van der Waals surface area contributed by atoms with E-state index in [9.17, 15) is 4.79 Å². The topological polar surface area (TPSA) is 50.2 Å². The van der Waals surface area contributed by atoms with Crippen LogP contribution in [0.15, 0.2) is 24.4 Å². The molecule has 1 saturated carbocycles. The van der Waals surface area contributed by atoms with Crippen molar-refractivity contribution in [2.75, 3.05) is 0 Å². The predicted molar refractivity (Wildman–Crippen MR) is 51.8 cm³/mol. The lowest BCUT2D eigenvalue weighted by Gasteiger charge is -2.09. The molecule has 0 bridgehead atoms. The number of rotatable bonds is 4. The molecule has 1 atom stereocenters. The van der Waals surface area contributed by atoms with Gasteiger partial charge in [-0.3, -0.25) is 9.78 Å². The fraction of sp³-hybridized carbons (Fsp3) is 0.455. The monoisotopic (exact) mass is 191 g/mol. The van der Waals surface area contributed by atoms with Gasteiger partial charge in [0.15, 0.2) is 0 Å². The summed E-state index contributed by atoms with van der Waals surface area (Å²) in [6.07, 6.45) is 4.40. The zero-order chi connectivity index (χ0) is 9.97. The highest BCUT2D eigenvalue weighted by Gasteiger charge is 2.36. The van der Waals surface area contributed by atoms with E-state index in [0.29, 0.717) is 12.3 Å². The molecule has 14 heavy (non-hydrogen) atoms. The van der Waals surface area contributed by atoms with E-state index in [1.165, 1.54) is 0 Å². The molecule has 1 heterocycles. The highest BCUT2D eigenvalue weighted by atomic mass is 16.4. The lowest BCUT2D eigenvalue weighted by molar-refractivity contribution is -0.142. The Labute approximate surface area is 82.8 Å². The first kappa shape index (κ1) is 9.19. The fourth-order valence-corrected chi connectivity index (χ4v) is 1.70. The number of aliphatic carboxylic acids is 1. The number of carboxylic acids is 1. The molecule has 2 rings (SSSR count). The van der Waals surface area contributed by atoms with Crippen molar-refractivity contribution in [2.24, 2.45) is 11.8 Å². The van der Waals surface area contributed by atoms with Crippen LogP contribution in [0.4, 0.5) is 0 Å². The van der Waals surface area contributed by atoms with Crippen molar-refractivity contribution in [2.45, 2.75) is 19.3 Å². The second-order valence-corrected chi connectivity index (χ2v) is 3.81. The zero-order valence-corrected chi connectivity index (χ0v) is 7.89. The van der Waals surface area contributed by atoms with Crippen LogP contribution in [0.25, 0.3) is 0 Å². The second-order valence-electron chi connectivity index (χ2n) is 3.81. The van der Waals surface area contributed by atoms with Crippen molar-refractivity contribution in [1.82, 2.24) is 4.98 Å². The lowest BCUT2D eigenvalue weighted by Crippen LogP contribution is -2.18. The largest absolute Gasteiger partial charge is 0.481 e. The summed E-state index contributed by atoms with van der Waals surface area (Å²) in [6, 6.07) is 5.63. The summed E-state index contributed by atoms with van der Waals surface area (Å²) in [7, 11) is 0. The molecule has 0 amide bonds. The van der Waals surface area contributed by atoms with E-state index in [-0.39, 0.29) is 5.92 Å². The number of carbonyl (C=O) groups is 1. The Bertz CT molecular complexity index is 319. The normalized spacial score (nSPS) is 17.7.